The Balaban J connectivity index is 2.09. The molecule has 0 aromatic heterocycles. The van der Waals surface area contributed by atoms with Gasteiger partial charge in [0, 0.05) is 13.1 Å². The summed E-state index contributed by atoms with van der Waals surface area (Å²) in [6.45, 7) is 1.08. The molecule has 0 bridgehead atoms. The van der Waals surface area contributed by atoms with Crippen LogP contribution in [0.4, 0.5) is 4.79 Å². The predicted molar refractivity (Wildman–Crippen MR) is 68.8 cm³/mol. The third-order valence-corrected chi connectivity index (χ3v) is 4.12. The fourth-order valence-corrected chi connectivity index (χ4v) is 3.04. The predicted octanol–water partition coefficient (Wildman–Crippen LogP) is 0.892. The molecule has 2 N–H and O–H groups in total. The first-order valence-corrected chi connectivity index (χ1v) is 7.06. The summed E-state index contributed by atoms with van der Waals surface area (Å²) in [7, 11) is 0. The van der Waals surface area contributed by atoms with E-state index in [4.69, 9.17) is 5.11 Å². The van der Waals surface area contributed by atoms with Gasteiger partial charge in [0.25, 0.3) is 0 Å². The lowest BCUT2D eigenvalue weighted by Crippen LogP contribution is -2.52. The zero-order chi connectivity index (χ0) is 13.8. The SMILES string of the molecule is O=C(O)C1CCCN1C(=O)N1CCCCCC1CO. The van der Waals surface area contributed by atoms with Gasteiger partial charge in [0.1, 0.15) is 6.04 Å². The fraction of sp³-hybridized carbons (Fsp3) is 0.846. The van der Waals surface area contributed by atoms with Gasteiger partial charge in [-0.3, -0.25) is 0 Å². The largest absolute Gasteiger partial charge is 0.480 e. The second-order valence-corrected chi connectivity index (χ2v) is 5.35. The number of carboxylic acid groups (broad SMARTS) is 1. The summed E-state index contributed by atoms with van der Waals surface area (Å²) in [5.41, 5.74) is 0. The monoisotopic (exact) mass is 270 g/mol. The first-order valence-electron chi connectivity index (χ1n) is 7.06. The Morgan fingerprint density at radius 2 is 1.74 bits per heavy atom. The van der Waals surface area contributed by atoms with Crippen LogP contribution in [-0.4, -0.2) is 63.8 Å². The number of carbonyl (C=O) groups excluding carboxylic acids is 1. The van der Waals surface area contributed by atoms with Crippen molar-refractivity contribution in [1.29, 1.82) is 0 Å². The van der Waals surface area contributed by atoms with Gasteiger partial charge in [0.05, 0.1) is 12.6 Å². The van der Waals surface area contributed by atoms with Gasteiger partial charge >= 0.3 is 12.0 Å². The van der Waals surface area contributed by atoms with Gasteiger partial charge in [0.2, 0.25) is 0 Å². The lowest BCUT2D eigenvalue weighted by atomic mass is 10.1. The van der Waals surface area contributed by atoms with E-state index in [1.54, 1.807) is 4.90 Å². The van der Waals surface area contributed by atoms with Gasteiger partial charge in [-0.2, -0.15) is 0 Å². The van der Waals surface area contributed by atoms with E-state index in [9.17, 15) is 14.7 Å². The van der Waals surface area contributed by atoms with Crippen LogP contribution in [0.2, 0.25) is 0 Å². The molecule has 2 unspecified atom stereocenters. The third-order valence-electron chi connectivity index (χ3n) is 4.12. The molecule has 2 aliphatic heterocycles. The number of likely N-dealkylation sites (tertiary alicyclic amines) is 2. The van der Waals surface area contributed by atoms with Gasteiger partial charge in [-0.15, -0.1) is 0 Å². The van der Waals surface area contributed by atoms with Crippen LogP contribution in [-0.2, 0) is 4.79 Å². The van der Waals surface area contributed by atoms with Crippen molar-refractivity contribution in [2.75, 3.05) is 19.7 Å². The van der Waals surface area contributed by atoms with E-state index < -0.39 is 12.0 Å². The summed E-state index contributed by atoms with van der Waals surface area (Å²) in [4.78, 5) is 26.8. The molecule has 2 aliphatic rings. The number of hydrogen-bond donors (Lipinski definition) is 2. The highest BCUT2D eigenvalue weighted by molar-refractivity contribution is 5.83. The lowest BCUT2D eigenvalue weighted by Gasteiger charge is -2.34. The number of urea groups is 1. The molecule has 2 saturated heterocycles. The topological polar surface area (TPSA) is 81.1 Å². The van der Waals surface area contributed by atoms with Crippen LogP contribution in [0.3, 0.4) is 0 Å². The fourth-order valence-electron chi connectivity index (χ4n) is 3.04. The summed E-state index contributed by atoms with van der Waals surface area (Å²) in [5, 5.41) is 18.6. The van der Waals surface area contributed by atoms with Gasteiger partial charge in [-0.25, -0.2) is 9.59 Å². The van der Waals surface area contributed by atoms with E-state index in [1.807, 2.05) is 0 Å². The number of carbonyl (C=O) groups is 2. The Labute approximate surface area is 113 Å². The minimum Gasteiger partial charge on any atom is -0.480 e. The lowest BCUT2D eigenvalue weighted by molar-refractivity contribution is -0.141. The minimum absolute atomic E-state index is 0.0443. The summed E-state index contributed by atoms with van der Waals surface area (Å²) < 4.78 is 0. The van der Waals surface area contributed by atoms with Gasteiger partial charge in [0.15, 0.2) is 0 Å². The number of aliphatic hydroxyl groups is 1. The Morgan fingerprint density at radius 1 is 1.00 bits per heavy atom. The average molecular weight is 270 g/mol. The van der Waals surface area contributed by atoms with Gasteiger partial charge < -0.3 is 20.0 Å². The number of nitrogens with zero attached hydrogens (tertiary/aromatic N) is 2. The highest BCUT2D eigenvalue weighted by Gasteiger charge is 2.38. The van der Waals surface area contributed by atoms with Gasteiger partial charge in [-0.1, -0.05) is 12.8 Å². The second kappa shape index (κ2) is 6.23. The molecular weight excluding hydrogens is 248 g/mol. The molecule has 0 radical (unpaired) electrons. The van der Waals surface area contributed by atoms with Crippen molar-refractivity contribution < 1.29 is 19.8 Å². The summed E-state index contributed by atoms with van der Waals surface area (Å²) >= 11 is 0. The highest BCUT2D eigenvalue weighted by Crippen LogP contribution is 2.23. The van der Waals surface area contributed by atoms with Crippen LogP contribution in [0.25, 0.3) is 0 Å². The van der Waals surface area contributed by atoms with Crippen LogP contribution in [0.1, 0.15) is 38.5 Å². The highest BCUT2D eigenvalue weighted by atomic mass is 16.4. The molecule has 2 fully saturated rings. The molecule has 19 heavy (non-hydrogen) atoms. The number of amides is 2. The molecule has 2 atom stereocenters. The maximum atomic E-state index is 12.5. The number of rotatable bonds is 2. The number of hydrogen-bond acceptors (Lipinski definition) is 3. The zero-order valence-electron chi connectivity index (χ0n) is 11.1. The van der Waals surface area contributed by atoms with Crippen LogP contribution < -0.4 is 0 Å². The van der Waals surface area contributed by atoms with Gasteiger partial charge in [-0.05, 0) is 25.7 Å². The Hall–Kier alpha value is -1.30. The van der Waals surface area contributed by atoms with Crippen LogP contribution >= 0.6 is 0 Å². The average Bonchev–Trinajstić information content (AvgIpc) is 2.76. The standard InChI is InChI=1S/C13H22N2O4/c16-9-10-5-2-1-3-7-14(10)13(19)15-8-4-6-11(15)12(17)18/h10-11,16H,1-9H2,(H,17,18). The zero-order valence-corrected chi connectivity index (χ0v) is 11.1. The Bertz CT molecular complexity index is 348. The number of carboxylic acids is 1. The van der Waals surface area contributed by atoms with Crippen molar-refractivity contribution in [3.63, 3.8) is 0 Å². The van der Waals surface area contributed by atoms with E-state index in [2.05, 4.69) is 0 Å². The normalized spacial score (nSPS) is 28.3. The van der Waals surface area contributed by atoms with E-state index in [-0.39, 0.29) is 18.7 Å². The van der Waals surface area contributed by atoms with E-state index >= 15 is 0 Å². The molecule has 0 saturated carbocycles. The summed E-state index contributed by atoms with van der Waals surface area (Å²) in [5.74, 6) is -0.929. The molecule has 2 amide bonds. The summed E-state index contributed by atoms with van der Waals surface area (Å²) in [6, 6.07) is -1.08. The van der Waals surface area contributed by atoms with E-state index in [0.29, 0.717) is 19.5 Å². The smallest absolute Gasteiger partial charge is 0.326 e. The van der Waals surface area contributed by atoms with Crippen molar-refractivity contribution in [2.24, 2.45) is 0 Å². The van der Waals surface area contributed by atoms with Crippen molar-refractivity contribution in [3.05, 3.63) is 0 Å². The van der Waals surface area contributed by atoms with Crippen LogP contribution in [0.15, 0.2) is 0 Å². The molecule has 2 heterocycles. The van der Waals surface area contributed by atoms with Crippen molar-refractivity contribution in [1.82, 2.24) is 9.80 Å². The van der Waals surface area contributed by atoms with Crippen molar-refractivity contribution in [3.8, 4) is 0 Å². The first kappa shape index (κ1) is 14.1. The minimum atomic E-state index is -0.929. The Kier molecular flexibility index (Phi) is 4.63. The molecule has 2 rings (SSSR count). The van der Waals surface area contributed by atoms with Crippen molar-refractivity contribution in [2.45, 2.75) is 50.6 Å². The quantitative estimate of drug-likeness (QED) is 0.781. The van der Waals surface area contributed by atoms with Crippen LogP contribution in [0, 0.1) is 0 Å². The number of aliphatic hydroxyl groups excluding tert-OH is 1. The van der Waals surface area contributed by atoms with E-state index in [1.165, 1.54) is 4.90 Å². The maximum Gasteiger partial charge on any atom is 0.326 e. The van der Waals surface area contributed by atoms with Crippen LogP contribution in [0.5, 0.6) is 0 Å². The first-order chi connectivity index (χ1) is 9.15. The van der Waals surface area contributed by atoms with Crippen molar-refractivity contribution >= 4 is 12.0 Å². The molecule has 6 nitrogen and oxygen atoms in total. The summed E-state index contributed by atoms with van der Waals surface area (Å²) in [6.07, 6.45) is 5.06. The Morgan fingerprint density at radius 3 is 2.42 bits per heavy atom. The van der Waals surface area contributed by atoms with E-state index in [0.717, 1.165) is 32.1 Å². The molecule has 0 aromatic rings. The molecule has 6 heteroatoms. The maximum absolute atomic E-state index is 12.5. The second-order valence-electron chi connectivity index (χ2n) is 5.35. The molecule has 0 aromatic carbocycles. The molecule has 0 spiro atoms. The molecular formula is C13H22N2O4. The molecule has 108 valence electrons. The molecule has 0 aliphatic carbocycles. The third kappa shape index (κ3) is 3.00. The number of aliphatic carboxylic acids is 1.